The van der Waals surface area contributed by atoms with Crippen molar-refractivity contribution in [3.05, 3.63) is 29.8 Å². The topological polar surface area (TPSA) is 64.3 Å². The number of halogens is 1. The minimum Gasteiger partial charge on any atom is -0.464 e. The molecule has 19 heavy (non-hydrogen) atoms. The third-order valence-corrected chi connectivity index (χ3v) is 2.72. The molecule has 0 saturated heterocycles. The molecular weight excluding hydrogens is 264 g/mol. The lowest BCUT2D eigenvalue weighted by atomic mass is 10.0. The molecule has 1 atom stereocenters. The lowest BCUT2D eigenvalue weighted by Gasteiger charge is -2.21. The van der Waals surface area contributed by atoms with Gasteiger partial charge in [0.1, 0.15) is 6.04 Å². The number of anilines is 1. The fraction of sp³-hybridized carbons (Fsp3) is 0.500. The summed E-state index contributed by atoms with van der Waals surface area (Å²) in [5.74, 6) is -0.0476. The van der Waals surface area contributed by atoms with E-state index in [1.807, 2.05) is 45.0 Å². The molecule has 1 aromatic carbocycles. The molecule has 0 aliphatic carbocycles. The molecule has 0 unspecified atom stereocenters. The van der Waals surface area contributed by atoms with Gasteiger partial charge in [-0.1, -0.05) is 26.0 Å². The SMILES string of the molecule is CCOC(=O)[C@H](Nc1ccc(CN)cc1)C(C)C.Cl. The molecule has 0 saturated carbocycles. The zero-order valence-electron chi connectivity index (χ0n) is 11.7. The highest BCUT2D eigenvalue weighted by molar-refractivity contribution is 5.85. The number of esters is 1. The van der Waals surface area contributed by atoms with Gasteiger partial charge in [-0.05, 0) is 30.5 Å². The molecule has 1 rings (SSSR count). The number of hydrogen-bond acceptors (Lipinski definition) is 4. The molecule has 0 spiro atoms. The number of benzene rings is 1. The van der Waals surface area contributed by atoms with Gasteiger partial charge in [-0.2, -0.15) is 0 Å². The Hall–Kier alpha value is -1.26. The molecule has 0 radical (unpaired) electrons. The van der Waals surface area contributed by atoms with E-state index >= 15 is 0 Å². The minimum atomic E-state index is -0.325. The van der Waals surface area contributed by atoms with Gasteiger partial charge in [0.15, 0.2) is 0 Å². The van der Waals surface area contributed by atoms with Crippen molar-refractivity contribution in [3.63, 3.8) is 0 Å². The zero-order chi connectivity index (χ0) is 13.5. The summed E-state index contributed by atoms with van der Waals surface area (Å²) in [6.07, 6.45) is 0. The lowest BCUT2D eigenvalue weighted by molar-refractivity contribution is -0.145. The predicted octanol–water partition coefficient (Wildman–Crippen LogP) is 2.57. The monoisotopic (exact) mass is 286 g/mol. The smallest absolute Gasteiger partial charge is 0.328 e. The Morgan fingerprint density at radius 1 is 1.32 bits per heavy atom. The van der Waals surface area contributed by atoms with E-state index in [1.165, 1.54) is 0 Å². The van der Waals surface area contributed by atoms with Crippen molar-refractivity contribution in [2.75, 3.05) is 11.9 Å². The molecule has 4 nitrogen and oxygen atoms in total. The van der Waals surface area contributed by atoms with E-state index in [0.717, 1.165) is 11.3 Å². The summed E-state index contributed by atoms with van der Waals surface area (Å²) in [7, 11) is 0. The van der Waals surface area contributed by atoms with Gasteiger partial charge in [-0.3, -0.25) is 0 Å². The molecule has 0 heterocycles. The average molecular weight is 287 g/mol. The number of ether oxygens (including phenoxy) is 1. The van der Waals surface area contributed by atoms with Crippen molar-refractivity contribution in [2.24, 2.45) is 11.7 Å². The van der Waals surface area contributed by atoms with Gasteiger partial charge in [0.2, 0.25) is 0 Å². The number of hydrogen-bond donors (Lipinski definition) is 2. The first kappa shape index (κ1) is 17.7. The third kappa shape index (κ3) is 5.49. The van der Waals surface area contributed by atoms with Crippen LogP contribution in [-0.4, -0.2) is 18.6 Å². The fourth-order valence-corrected chi connectivity index (χ4v) is 1.65. The van der Waals surface area contributed by atoms with E-state index in [1.54, 1.807) is 0 Å². The molecule has 0 aliphatic rings. The highest BCUT2D eigenvalue weighted by Crippen LogP contribution is 2.15. The van der Waals surface area contributed by atoms with Crippen molar-refractivity contribution >= 4 is 24.1 Å². The van der Waals surface area contributed by atoms with Crippen LogP contribution in [0.4, 0.5) is 5.69 Å². The second-order valence-corrected chi connectivity index (χ2v) is 4.52. The Morgan fingerprint density at radius 3 is 2.32 bits per heavy atom. The van der Waals surface area contributed by atoms with Crippen LogP contribution in [0.3, 0.4) is 0 Å². The van der Waals surface area contributed by atoms with Crippen LogP contribution < -0.4 is 11.1 Å². The Morgan fingerprint density at radius 2 is 1.89 bits per heavy atom. The van der Waals surface area contributed by atoms with E-state index in [-0.39, 0.29) is 30.3 Å². The van der Waals surface area contributed by atoms with Crippen LogP contribution in [0, 0.1) is 5.92 Å². The summed E-state index contributed by atoms with van der Waals surface area (Å²) in [6.45, 7) is 6.71. The average Bonchev–Trinajstić information content (AvgIpc) is 2.36. The van der Waals surface area contributed by atoms with Crippen molar-refractivity contribution in [1.29, 1.82) is 0 Å². The first-order valence-corrected chi connectivity index (χ1v) is 6.30. The number of carbonyl (C=O) groups excluding carboxylic acids is 1. The summed E-state index contributed by atoms with van der Waals surface area (Å²) < 4.78 is 5.06. The summed E-state index contributed by atoms with van der Waals surface area (Å²) in [4.78, 5) is 11.8. The largest absolute Gasteiger partial charge is 0.464 e. The van der Waals surface area contributed by atoms with Gasteiger partial charge < -0.3 is 15.8 Å². The van der Waals surface area contributed by atoms with Crippen molar-refractivity contribution in [1.82, 2.24) is 0 Å². The van der Waals surface area contributed by atoms with E-state index in [9.17, 15) is 4.79 Å². The van der Waals surface area contributed by atoms with E-state index in [4.69, 9.17) is 10.5 Å². The molecule has 0 bridgehead atoms. The van der Waals surface area contributed by atoms with Crippen LogP contribution >= 0.6 is 12.4 Å². The maximum absolute atomic E-state index is 11.8. The quantitative estimate of drug-likeness (QED) is 0.789. The zero-order valence-corrected chi connectivity index (χ0v) is 12.5. The Balaban J connectivity index is 0.00000324. The van der Waals surface area contributed by atoms with Crippen LogP contribution in [0.15, 0.2) is 24.3 Å². The van der Waals surface area contributed by atoms with Gasteiger partial charge in [-0.25, -0.2) is 4.79 Å². The maximum atomic E-state index is 11.8. The maximum Gasteiger partial charge on any atom is 0.328 e. The molecule has 5 heteroatoms. The van der Waals surface area contributed by atoms with Gasteiger partial charge in [0.05, 0.1) is 6.61 Å². The first-order valence-electron chi connectivity index (χ1n) is 6.30. The van der Waals surface area contributed by atoms with Crippen LogP contribution in [0.1, 0.15) is 26.3 Å². The van der Waals surface area contributed by atoms with Gasteiger partial charge in [0.25, 0.3) is 0 Å². The van der Waals surface area contributed by atoms with Crippen LogP contribution in [0.2, 0.25) is 0 Å². The molecule has 0 amide bonds. The second kappa shape index (κ2) is 8.77. The Labute approximate surface area is 121 Å². The number of nitrogens with two attached hydrogens (primary N) is 1. The Kier molecular flexibility index (Phi) is 8.19. The van der Waals surface area contributed by atoms with E-state index in [2.05, 4.69) is 5.32 Å². The lowest BCUT2D eigenvalue weighted by Crippen LogP contribution is -2.36. The van der Waals surface area contributed by atoms with Crippen LogP contribution in [0.5, 0.6) is 0 Å². The molecule has 0 fully saturated rings. The molecule has 0 aromatic heterocycles. The molecule has 3 N–H and O–H groups in total. The van der Waals surface area contributed by atoms with Gasteiger partial charge in [0, 0.05) is 12.2 Å². The standard InChI is InChI=1S/C14H22N2O2.ClH/c1-4-18-14(17)13(10(2)3)16-12-7-5-11(9-15)6-8-12;/h5-8,10,13,16H,4,9,15H2,1-3H3;1H/t13-;/m1./s1. The molecule has 0 aliphatic heterocycles. The fourth-order valence-electron chi connectivity index (χ4n) is 1.65. The Bertz CT molecular complexity index is 380. The van der Waals surface area contributed by atoms with Crippen LogP contribution in [0.25, 0.3) is 0 Å². The molecule has 108 valence electrons. The van der Waals surface area contributed by atoms with Crippen molar-refractivity contribution in [2.45, 2.75) is 33.4 Å². The summed E-state index contributed by atoms with van der Waals surface area (Å²) in [5.41, 5.74) is 7.51. The number of rotatable bonds is 6. The summed E-state index contributed by atoms with van der Waals surface area (Å²) >= 11 is 0. The minimum absolute atomic E-state index is 0. The summed E-state index contributed by atoms with van der Waals surface area (Å²) in [5, 5.41) is 3.20. The van der Waals surface area contributed by atoms with Gasteiger partial charge >= 0.3 is 5.97 Å². The second-order valence-electron chi connectivity index (χ2n) is 4.52. The van der Waals surface area contributed by atoms with Crippen molar-refractivity contribution < 1.29 is 9.53 Å². The normalized spacial score (nSPS) is 11.6. The molecular formula is C14H23ClN2O2. The van der Waals surface area contributed by atoms with E-state index in [0.29, 0.717) is 13.2 Å². The van der Waals surface area contributed by atoms with Crippen molar-refractivity contribution in [3.8, 4) is 0 Å². The van der Waals surface area contributed by atoms with E-state index < -0.39 is 0 Å². The van der Waals surface area contributed by atoms with Gasteiger partial charge in [-0.15, -0.1) is 12.4 Å². The first-order chi connectivity index (χ1) is 8.58. The summed E-state index contributed by atoms with van der Waals surface area (Å²) in [6, 6.07) is 7.43. The highest BCUT2D eigenvalue weighted by Gasteiger charge is 2.23. The number of nitrogens with one attached hydrogen (secondary N) is 1. The third-order valence-electron chi connectivity index (χ3n) is 2.72. The number of carbonyl (C=O) groups is 1. The highest BCUT2D eigenvalue weighted by atomic mass is 35.5. The van der Waals surface area contributed by atoms with Crippen LogP contribution in [-0.2, 0) is 16.1 Å². The predicted molar refractivity (Wildman–Crippen MR) is 80.5 cm³/mol. The molecule has 1 aromatic rings.